The maximum absolute atomic E-state index is 12.3. The summed E-state index contributed by atoms with van der Waals surface area (Å²) in [5, 5.41) is 0. The van der Waals surface area contributed by atoms with Crippen LogP contribution < -0.4 is 14.2 Å². The lowest BCUT2D eigenvalue weighted by Gasteiger charge is -2.08. The molecule has 0 aliphatic heterocycles. The topological polar surface area (TPSA) is 61.8 Å². The van der Waals surface area contributed by atoms with Crippen molar-refractivity contribution >= 4 is 23.9 Å². The first-order chi connectivity index (χ1) is 15.1. The maximum atomic E-state index is 12.3. The van der Waals surface area contributed by atoms with Gasteiger partial charge in [-0.3, -0.25) is 4.79 Å². The van der Waals surface area contributed by atoms with Crippen LogP contribution in [-0.2, 0) is 4.79 Å². The molecule has 3 aromatic rings. The summed E-state index contributed by atoms with van der Waals surface area (Å²) in [6.07, 6.45) is 6.19. The van der Waals surface area contributed by atoms with E-state index in [1.165, 1.54) is 19.3 Å². The summed E-state index contributed by atoms with van der Waals surface area (Å²) in [7, 11) is 3.06. The van der Waals surface area contributed by atoms with Crippen molar-refractivity contribution in [2.24, 2.45) is 0 Å². The summed E-state index contributed by atoms with van der Waals surface area (Å²) in [5.41, 5.74) is 2.19. The largest absolute Gasteiger partial charge is 0.497 e. The highest BCUT2D eigenvalue weighted by Gasteiger charge is 2.09. The van der Waals surface area contributed by atoms with E-state index in [4.69, 9.17) is 14.2 Å². The monoisotopic (exact) mass is 414 g/mol. The molecular weight excluding hydrogens is 392 g/mol. The Morgan fingerprint density at radius 2 is 1.42 bits per heavy atom. The number of rotatable bonds is 8. The third-order valence-electron chi connectivity index (χ3n) is 4.41. The molecule has 0 fully saturated rings. The van der Waals surface area contributed by atoms with Crippen molar-refractivity contribution in [1.29, 1.82) is 0 Å². The van der Waals surface area contributed by atoms with E-state index in [0.29, 0.717) is 22.8 Å². The van der Waals surface area contributed by atoms with E-state index < -0.39 is 5.97 Å². The molecule has 0 heterocycles. The highest BCUT2D eigenvalue weighted by atomic mass is 16.6. The number of hydrogen-bond donors (Lipinski definition) is 0. The highest BCUT2D eigenvalue weighted by molar-refractivity contribution is 6.06. The Kier molecular flexibility index (Phi) is 7.38. The molecule has 0 radical (unpaired) electrons. The minimum Gasteiger partial charge on any atom is -0.497 e. The van der Waals surface area contributed by atoms with Gasteiger partial charge in [0, 0.05) is 11.6 Å². The highest BCUT2D eigenvalue weighted by Crippen LogP contribution is 2.29. The number of ether oxygens (including phenoxy) is 3. The quantitative estimate of drug-likeness (QED) is 0.219. The van der Waals surface area contributed by atoms with E-state index in [1.54, 1.807) is 61.7 Å². The number of benzene rings is 3. The van der Waals surface area contributed by atoms with Gasteiger partial charge in [-0.25, -0.2) is 4.79 Å². The average molecular weight is 414 g/mol. The van der Waals surface area contributed by atoms with Gasteiger partial charge in [0.05, 0.1) is 14.2 Å². The second-order valence-electron chi connectivity index (χ2n) is 6.50. The Morgan fingerprint density at radius 1 is 0.710 bits per heavy atom. The molecule has 0 saturated heterocycles. The molecule has 5 nitrogen and oxygen atoms in total. The van der Waals surface area contributed by atoms with Crippen molar-refractivity contribution in [3.05, 3.63) is 102 Å². The SMILES string of the molecule is COc1ccc(C(=O)C=Cc2ccc(OC(=O)C=Cc3ccccc3)c(OC)c2)cc1. The van der Waals surface area contributed by atoms with Crippen LogP contribution in [0, 0.1) is 0 Å². The summed E-state index contributed by atoms with van der Waals surface area (Å²) in [6, 6.07) is 21.4. The molecular formula is C26H22O5. The first-order valence-corrected chi connectivity index (χ1v) is 9.58. The summed E-state index contributed by atoms with van der Waals surface area (Å²) in [4.78, 5) is 24.5. The van der Waals surface area contributed by atoms with Gasteiger partial charge in [-0.15, -0.1) is 0 Å². The molecule has 31 heavy (non-hydrogen) atoms. The first kappa shape index (κ1) is 21.6. The zero-order chi connectivity index (χ0) is 22.1. The molecule has 0 bridgehead atoms. The second kappa shape index (κ2) is 10.6. The van der Waals surface area contributed by atoms with Crippen LogP contribution in [0.2, 0.25) is 0 Å². The average Bonchev–Trinajstić information content (AvgIpc) is 2.82. The number of carbonyl (C=O) groups excluding carboxylic acids is 2. The molecule has 156 valence electrons. The molecule has 0 saturated carbocycles. The predicted octanol–water partition coefficient (Wildman–Crippen LogP) is 5.22. The fourth-order valence-corrected chi connectivity index (χ4v) is 2.77. The van der Waals surface area contributed by atoms with Gasteiger partial charge in [0.1, 0.15) is 5.75 Å². The minimum atomic E-state index is -0.514. The summed E-state index contributed by atoms with van der Waals surface area (Å²) < 4.78 is 15.8. The van der Waals surface area contributed by atoms with Crippen LogP contribution in [0.15, 0.2) is 84.9 Å². The van der Waals surface area contributed by atoms with Crippen molar-refractivity contribution < 1.29 is 23.8 Å². The molecule has 0 spiro atoms. The van der Waals surface area contributed by atoms with Gasteiger partial charge in [0.2, 0.25) is 0 Å². The van der Waals surface area contributed by atoms with Crippen molar-refractivity contribution in [3.63, 3.8) is 0 Å². The molecule has 3 aromatic carbocycles. The van der Waals surface area contributed by atoms with Crippen LogP contribution in [0.1, 0.15) is 21.5 Å². The molecule has 0 aliphatic rings. The van der Waals surface area contributed by atoms with Crippen LogP contribution in [0.3, 0.4) is 0 Å². The molecule has 0 N–H and O–H groups in total. The van der Waals surface area contributed by atoms with Crippen LogP contribution in [0.25, 0.3) is 12.2 Å². The number of esters is 1. The van der Waals surface area contributed by atoms with Crippen molar-refractivity contribution in [2.75, 3.05) is 14.2 Å². The molecule has 0 aliphatic carbocycles. The normalized spacial score (nSPS) is 10.9. The van der Waals surface area contributed by atoms with E-state index in [2.05, 4.69) is 0 Å². The van der Waals surface area contributed by atoms with Gasteiger partial charge < -0.3 is 14.2 Å². The number of carbonyl (C=O) groups is 2. The zero-order valence-electron chi connectivity index (χ0n) is 17.3. The standard InChI is InChI=1S/C26H22O5/c1-29-22-13-11-21(12-14-22)23(27)15-8-20-9-16-24(25(18-20)30-2)31-26(28)17-10-19-6-4-3-5-7-19/h3-18H,1-2H3. The van der Waals surface area contributed by atoms with E-state index >= 15 is 0 Å². The summed E-state index contributed by atoms with van der Waals surface area (Å²) in [6.45, 7) is 0. The van der Waals surface area contributed by atoms with Gasteiger partial charge in [0.15, 0.2) is 17.3 Å². The Balaban J connectivity index is 1.67. The van der Waals surface area contributed by atoms with Crippen molar-refractivity contribution in [3.8, 4) is 17.2 Å². The Bertz CT molecular complexity index is 1100. The van der Waals surface area contributed by atoms with E-state index in [0.717, 1.165) is 11.1 Å². The molecule has 3 rings (SSSR count). The zero-order valence-corrected chi connectivity index (χ0v) is 17.3. The van der Waals surface area contributed by atoms with Crippen LogP contribution in [0.5, 0.6) is 17.2 Å². The Hall–Kier alpha value is -4.12. The van der Waals surface area contributed by atoms with Crippen molar-refractivity contribution in [1.82, 2.24) is 0 Å². The summed E-state index contributed by atoms with van der Waals surface area (Å²) >= 11 is 0. The second-order valence-corrected chi connectivity index (χ2v) is 6.50. The van der Waals surface area contributed by atoms with Crippen LogP contribution in [-0.4, -0.2) is 26.0 Å². The van der Waals surface area contributed by atoms with Gasteiger partial charge >= 0.3 is 5.97 Å². The first-order valence-electron chi connectivity index (χ1n) is 9.58. The molecule has 0 atom stereocenters. The van der Waals surface area contributed by atoms with E-state index in [1.807, 2.05) is 30.3 Å². The van der Waals surface area contributed by atoms with Gasteiger partial charge in [-0.2, -0.15) is 0 Å². The van der Waals surface area contributed by atoms with Crippen LogP contribution in [0.4, 0.5) is 0 Å². The lowest BCUT2D eigenvalue weighted by atomic mass is 10.1. The fourth-order valence-electron chi connectivity index (χ4n) is 2.77. The maximum Gasteiger partial charge on any atom is 0.336 e. The minimum absolute atomic E-state index is 0.136. The summed E-state index contributed by atoms with van der Waals surface area (Å²) in [5.74, 6) is 0.724. The van der Waals surface area contributed by atoms with Gasteiger partial charge in [0.25, 0.3) is 0 Å². The molecule has 0 amide bonds. The van der Waals surface area contributed by atoms with E-state index in [-0.39, 0.29) is 5.78 Å². The molecule has 0 aromatic heterocycles. The number of allylic oxidation sites excluding steroid dienone is 1. The fraction of sp³-hybridized carbons (Fsp3) is 0.0769. The number of methoxy groups -OCH3 is 2. The smallest absolute Gasteiger partial charge is 0.336 e. The number of ketones is 1. The van der Waals surface area contributed by atoms with Crippen LogP contribution >= 0.6 is 0 Å². The lowest BCUT2D eigenvalue weighted by Crippen LogP contribution is -2.05. The third kappa shape index (κ3) is 6.18. The predicted molar refractivity (Wildman–Crippen MR) is 120 cm³/mol. The van der Waals surface area contributed by atoms with Gasteiger partial charge in [-0.05, 0) is 59.7 Å². The lowest BCUT2D eigenvalue weighted by molar-refractivity contribution is -0.129. The Labute approximate surface area is 181 Å². The van der Waals surface area contributed by atoms with E-state index in [9.17, 15) is 9.59 Å². The third-order valence-corrected chi connectivity index (χ3v) is 4.41. The number of hydrogen-bond acceptors (Lipinski definition) is 5. The molecule has 5 heteroatoms. The van der Waals surface area contributed by atoms with Gasteiger partial charge in [-0.1, -0.05) is 42.5 Å². The van der Waals surface area contributed by atoms with Crippen molar-refractivity contribution in [2.45, 2.75) is 0 Å². The molecule has 0 unspecified atom stereocenters. The Morgan fingerprint density at radius 3 is 2.10 bits per heavy atom.